The SMILES string of the molecule is CCN(CC)CCN(C(=O)c1ccc([N+](=O)[O-])o1)c1nc2cc(OC)ccc2s1.Cl. The summed E-state index contributed by atoms with van der Waals surface area (Å²) in [6.07, 6.45) is 0. The first-order valence-electron chi connectivity index (χ1n) is 9.19. The number of benzene rings is 1. The highest BCUT2D eigenvalue weighted by Gasteiger charge is 2.26. The Labute approximate surface area is 183 Å². The van der Waals surface area contributed by atoms with Crippen molar-refractivity contribution in [1.82, 2.24) is 9.88 Å². The smallest absolute Gasteiger partial charge is 0.433 e. The zero-order chi connectivity index (χ0) is 21.0. The number of hydrogen-bond acceptors (Lipinski definition) is 8. The first kappa shape index (κ1) is 23.6. The number of ether oxygens (including phenoxy) is 1. The van der Waals surface area contributed by atoms with Crippen molar-refractivity contribution in [2.24, 2.45) is 0 Å². The number of carbonyl (C=O) groups is 1. The topological polar surface area (TPSA) is 102 Å². The van der Waals surface area contributed by atoms with E-state index in [2.05, 4.69) is 23.7 Å². The second kappa shape index (κ2) is 10.4. The second-order valence-electron chi connectivity index (χ2n) is 6.21. The van der Waals surface area contributed by atoms with Gasteiger partial charge in [-0.2, -0.15) is 0 Å². The number of likely N-dealkylation sites (N-methyl/N-ethyl adjacent to an activating group) is 1. The minimum absolute atomic E-state index is 0. The van der Waals surface area contributed by atoms with Crippen LogP contribution in [-0.2, 0) is 0 Å². The minimum Gasteiger partial charge on any atom is -0.497 e. The largest absolute Gasteiger partial charge is 0.497 e. The molecule has 0 spiro atoms. The third-order valence-electron chi connectivity index (χ3n) is 4.58. The predicted molar refractivity (Wildman–Crippen MR) is 118 cm³/mol. The Morgan fingerprint density at radius 1 is 1.23 bits per heavy atom. The van der Waals surface area contributed by atoms with Crippen molar-refractivity contribution in [2.75, 3.05) is 38.2 Å². The molecule has 1 amide bonds. The molecule has 0 aliphatic carbocycles. The number of thiazole rings is 1. The van der Waals surface area contributed by atoms with Crippen LogP contribution in [0, 0.1) is 10.1 Å². The third kappa shape index (κ3) is 5.07. The van der Waals surface area contributed by atoms with Gasteiger partial charge >= 0.3 is 5.88 Å². The van der Waals surface area contributed by atoms with Gasteiger partial charge in [-0.15, -0.1) is 12.4 Å². The standard InChI is InChI=1S/C19H22N4O5S.ClH/c1-4-21(5-2)10-11-22(18(24)15-7-9-17(28-15)23(25)26)19-20-14-12-13(27-3)6-8-16(14)29-19;/h6-9,12H,4-5,10-11H2,1-3H3;1H. The minimum atomic E-state index is -0.666. The fraction of sp³-hybridized carbons (Fsp3) is 0.368. The number of nitrogens with zero attached hydrogens (tertiary/aromatic N) is 4. The number of fused-ring (bicyclic) bond motifs is 1. The molecule has 162 valence electrons. The van der Waals surface area contributed by atoms with Crippen LogP contribution in [0.25, 0.3) is 10.2 Å². The van der Waals surface area contributed by atoms with Crippen molar-refractivity contribution in [3.05, 3.63) is 46.2 Å². The summed E-state index contributed by atoms with van der Waals surface area (Å²) in [7, 11) is 1.58. The summed E-state index contributed by atoms with van der Waals surface area (Å²) in [5.41, 5.74) is 0.718. The number of hydrogen-bond donors (Lipinski definition) is 0. The molecular weight excluding hydrogens is 432 g/mol. The van der Waals surface area contributed by atoms with Crippen LogP contribution in [0.5, 0.6) is 5.75 Å². The van der Waals surface area contributed by atoms with Crippen molar-refractivity contribution < 1.29 is 18.9 Å². The van der Waals surface area contributed by atoms with E-state index in [0.717, 1.165) is 23.3 Å². The van der Waals surface area contributed by atoms with Crippen molar-refractivity contribution in [1.29, 1.82) is 0 Å². The van der Waals surface area contributed by atoms with E-state index in [1.807, 2.05) is 12.1 Å². The molecule has 0 aliphatic heterocycles. The lowest BCUT2D eigenvalue weighted by molar-refractivity contribution is -0.402. The number of anilines is 1. The predicted octanol–water partition coefficient (Wildman–Crippen LogP) is 4.22. The molecule has 0 saturated heterocycles. The Bertz CT molecular complexity index is 1020. The number of nitro groups is 1. The fourth-order valence-electron chi connectivity index (χ4n) is 2.88. The van der Waals surface area contributed by atoms with Gasteiger partial charge in [-0.05, 0) is 31.3 Å². The first-order chi connectivity index (χ1) is 14.0. The highest BCUT2D eigenvalue weighted by molar-refractivity contribution is 7.22. The van der Waals surface area contributed by atoms with E-state index in [9.17, 15) is 14.9 Å². The monoisotopic (exact) mass is 454 g/mol. The molecule has 2 heterocycles. The molecule has 0 bridgehead atoms. The van der Waals surface area contributed by atoms with Gasteiger partial charge in [-0.25, -0.2) is 4.98 Å². The summed E-state index contributed by atoms with van der Waals surface area (Å²) in [5, 5.41) is 11.4. The second-order valence-corrected chi connectivity index (χ2v) is 7.22. The van der Waals surface area contributed by atoms with Crippen molar-refractivity contribution >= 4 is 50.9 Å². The zero-order valence-electron chi connectivity index (χ0n) is 16.9. The molecular formula is C19H23ClN4O5S. The molecule has 11 heteroatoms. The van der Waals surface area contributed by atoms with E-state index >= 15 is 0 Å². The molecule has 0 atom stereocenters. The molecule has 0 N–H and O–H groups in total. The lowest BCUT2D eigenvalue weighted by Gasteiger charge is -2.23. The molecule has 2 aromatic heterocycles. The normalized spacial score (nSPS) is 10.8. The Hall–Kier alpha value is -2.69. The first-order valence-corrected chi connectivity index (χ1v) is 10.0. The van der Waals surface area contributed by atoms with Crippen LogP contribution < -0.4 is 9.64 Å². The average Bonchev–Trinajstić information content (AvgIpc) is 3.37. The number of halogens is 1. The van der Waals surface area contributed by atoms with Gasteiger partial charge in [0.25, 0.3) is 5.91 Å². The lowest BCUT2D eigenvalue weighted by atomic mass is 10.3. The van der Waals surface area contributed by atoms with Crippen LogP contribution in [0.2, 0.25) is 0 Å². The molecule has 9 nitrogen and oxygen atoms in total. The fourth-order valence-corrected chi connectivity index (χ4v) is 3.85. The number of methoxy groups -OCH3 is 1. The van der Waals surface area contributed by atoms with E-state index in [4.69, 9.17) is 9.15 Å². The molecule has 0 fully saturated rings. The van der Waals surface area contributed by atoms with Crippen LogP contribution in [0.3, 0.4) is 0 Å². The number of amides is 1. The van der Waals surface area contributed by atoms with Crippen molar-refractivity contribution in [3.8, 4) is 5.75 Å². The Kier molecular flexibility index (Phi) is 8.16. The Morgan fingerprint density at radius 3 is 2.57 bits per heavy atom. The van der Waals surface area contributed by atoms with Crippen LogP contribution in [0.4, 0.5) is 11.0 Å². The van der Waals surface area contributed by atoms with Gasteiger partial charge in [-0.3, -0.25) is 19.8 Å². The van der Waals surface area contributed by atoms with Crippen LogP contribution in [0.15, 0.2) is 34.7 Å². The molecule has 0 saturated carbocycles. The maximum atomic E-state index is 13.1. The molecule has 0 unspecified atom stereocenters. The van der Waals surface area contributed by atoms with Gasteiger partial charge in [0.2, 0.25) is 0 Å². The van der Waals surface area contributed by atoms with Crippen LogP contribution in [0.1, 0.15) is 24.4 Å². The van der Waals surface area contributed by atoms with E-state index < -0.39 is 16.7 Å². The summed E-state index contributed by atoms with van der Waals surface area (Å²) in [5.74, 6) is -0.340. The zero-order valence-corrected chi connectivity index (χ0v) is 18.5. The molecule has 0 aliphatic rings. The number of furan rings is 1. The Balaban J connectivity index is 0.00000320. The van der Waals surface area contributed by atoms with Crippen LogP contribution in [-0.4, -0.2) is 54.0 Å². The van der Waals surface area contributed by atoms with Gasteiger partial charge in [0.1, 0.15) is 10.7 Å². The molecule has 0 radical (unpaired) electrons. The van der Waals surface area contributed by atoms with E-state index in [0.29, 0.717) is 24.0 Å². The summed E-state index contributed by atoms with van der Waals surface area (Å²) >= 11 is 1.37. The Morgan fingerprint density at radius 2 is 1.97 bits per heavy atom. The van der Waals surface area contributed by atoms with Gasteiger partial charge < -0.3 is 14.1 Å². The van der Waals surface area contributed by atoms with Crippen molar-refractivity contribution in [3.63, 3.8) is 0 Å². The average molecular weight is 455 g/mol. The molecule has 1 aromatic carbocycles. The summed E-state index contributed by atoms with van der Waals surface area (Å²) in [4.78, 5) is 31.6. The number of rotatable bonds is 9. The summed E-state index contributed by atoms with van der Waals surface area (Å²) in [6, 6.07) is 8.03. The van der Waals surface area contributed by atoms with Gasteiger partial charge in [0, 0.05) is 19.2 Å². The van der Waals surface area contributed by atoms with E-state index in [1.54, 1.807) is 13.2 Å². The molecule has 3 rings (SSSR count). The number of carbonyl (C=O) groups excluding carboxylic acids is 1. The quantitative estimate of drug-likeness (QED) is 0.352. The molecule has 3 aromatic rings. The molecule has 30 heavy (non-hydrogen) atoms. The van der Waals surface area contributed by atoms with Gasteiger partial charge in [-0.1, -0.05) is 25.2 Å². The third-order valence-corrected chi connectivity index (χ3v) is 5.64. The van der Waals surface area contributed by atoms with E-state index in [1.165, 1.54) is 28.4 Å². The lowest BCUT2D eigenvalue weighted by Crippen LogP contribution is -2.38. The van der Waals surface area contributed by atoms with Gasteiger partial charge in [0.15, 0.2) is 10.9 Å². The highest BCUT2D eigenvalue weighted by Crippen LogP contribution is 2.32. The summed E-state index contributed by atoms with van der Waals surface area (Å²) < 4.78 is 11.3. The highest BCUT2D eigenvalue weighted by atomic mass is 35.5. The van der Waals surface area contributed by atoms with Crippen molar-refractivity contribution in [2.45, 2.75) is 13.8 Å². The van der Waals surface area contributed by atoms with E-state index in [-0.39, 0.29) is 18.2 Å². The maximum Gasteiger partial charge on any atom is 0.433 e. The van der Waals surface area contributed by atoms with Crippen LogP contribution >= 0.6 is 23.7 Å². The number of aromatic nitrogens is 1. The summed E-state index contributed by atoms with van der Waals surface area (Å²) in [6.45, 7) is 6.82. The maximum absolute atomic E-state index is 13.1. The van der Waals surface area contributed by atoms with Gasteiger partial charge in [0.05, 0.1) is 23.4 Å².